The molecule has 0 aromatic carbocycles. The van der Waals surface area contributed by atoms with Crippen molar-refractivity contribution in [1.29, 1.82) is 0 Å². The normalized spacial score (nSPS) is 20.7. The van der Waals surface area contributed by atoms with Gasteiger partial charge in [0.15, 0.2) is 17.9 Å². The molecule has 1 aromatic heterocycles. The van der Waals surface area contributed by atoms with E-state index in [1.165, 1.54) is 12.3 Å². The van der Waals surface area contributed by atoms with Gasteiger partial charge in [-0.05, 0) is 25.8 Å². The van der Waals surface area contributed by atoms with Gasteiger partial charge >= 0.3 is 0 Å². The highest BCUT2D eigenvalue weighted by Gasteiger charge is 2.24. The van der Waals surface area contributed by atoms with Crippen molar-refractivity contribution in [3.63, 3.8) is 0 Å². The summed E-state index contributed by atoms with van der Waals surface area (Å²) in [5.41, 5.74) is 0.281. The third-order valence-corrected chi connectivity index (χ3v) is 2.80. The second kappa shape index (κ2) is 3.96. The van der Waals surface area contributed by atoms with Gasteiger partial charge in [-0.1, -0.05) is 0 Å². The van der Waals surface area contributed by atoms with Gasteiger partial charge in [-0.25, -0.2) is 9.37 Å². The van der Waals surface area contributed by atoms with Crippen molar-refractivity contribution in [2.75, 3.05) is 11.4 Å². The molecule has 1 aliphatic rings. The van der Waals surface area contributed by atoms with E-state index in [0.717, 1.165) is 19.4 Å². The molecule has 80 valence electrons. The van der Waals surface area contributed by atoms with Crippen LogP contribution in [0, 0.1) is 5.82 Å². The molecule has 1 aliphatic heterocycles. The van der Waals surface area contributed by atoms with Crippen molar-refractivity contribution >= 4 is 12.1 Å². The Balaban J connectivity index is 2.32. The van der Waals surface area contributed by atoms with Crippen LogP contribution in [0.1, 0.15) is 30.1 Å². The van der Waals surface area contributed by atoms with Gasteiger partial charge in [-0.2, -0.15) is 0 Å². The molecule has 0 bridgehead atoms. The summed E-state index contributed by atoms with van der Waals surface area (Å²) in [4.78, 5) is 16.4. The second-order valence-electron chi connectivity index (χ2n) is 3.88. The topological polar surface area (TPSA) is 33.2 Å². The lowest BCUT2D eigenvalue weighted by Gasteiger charge is -2.22. The number of rotatable bonds is 2. The van der Waals surface area contributed by atoms with Crippen molar-refractivity contribution in [3.8, 4) is 0 Å². The lowest BCUT2D eigenvalue weighted by atomic mass is 10.2. The van der Waals surface area contributed by atoms with Crippen LogP contribution in [-0.4, -0.2) is 23.9 Å². The number of aldehydes is 1. The minimum absolute atomic E-state index is 0.281. The van der Waals surface area contributed by atoms with Gasteiger partial charge in [0.25, 0.3) is 0 Å². The molecule has 1 aromatic rings. The van der Waals surface area contributed by atoms with Crippen molar-refractivity contribution in [1.82, 2.24) is 4.98 Å². The Labute approximate surface area is 87.9 Å². The molecule has 0 spiro atoms. The summed E-state index contributed by atoms with van der Waals surface area (Å²) in [6.45, 7) is 2.90. The summed E-state index contributed by atoms with van der Waals surface area (Å²) in [6.07, 6.45) is 4.15. The van der Waals surface area contributed by atoms with Gasteiger partial charge in [0.05, 0.1) is 0 Å². The number of anilines is 1. The fourth-order valence-corrected chi connectivity index (χ4v) is 1.97. The van der Waals surface area contributed by atoms with E-state index in [1.807, 2.05) is 4.90 Å². The third-order valence-electron chi connectivity index (χ3n) is 2.80. The molecule has 1 fully saturated rings. The Morgan fingerprint density at radius 3 is 3.00 bits per heavy atom. The molecule has 0 aliphatic carbocycles. The first-order chi connectivity index (χ1) is 7.22. The Kier molecular flexibility index (Phi) is 2.66. The minimum atomic E-state index is -0.409. The maximum atomic E-state index is 13.6. The van der Waals surface area contributed by atoms with Crippen molar-refractivity contribution in [2.24, 2.45) is 0 Å². The van der Waals surface area contributed by atoms with Crippen LogP contribution in [0.2, 0.25) is 0 Å². The lowest BCUT2D eigenvalue weighted by Crippen LogP contribution is -2.28. The quantitative estimate of drug-likeness (QED) is 0.697. The fourth-order valence-electron chi connectivity index (χ4n) is 1.97. The zero-order valence-electron chi connectivity index (χ0n) is 8.61. The van der Waals surface area contributed by atoms with Gasteiger partial charge in [0, 0.05) is 24.3 Å². The van der Waals surface area contributed by atoms with Gasteiger partial charge < -0.3 is 4.90 Å². The molecule has 0 amide bonds. The summed E-state index contributed by atoms with van der Waals surface area (Å²) < 4.78 is 13.6. The van der Waals surface area contributed by atoms with E-state index in [0.29, 0.717) is 18.1 Å². The van der Waals surface area contributed by atoms with E-state index in [2.05, 4.69) is 11.9 Å². The number of carbonyl (C=O) groups is 1. The van der Waals surface area contributed by atoms with E-state index >= 15 is 0 Å². The number of halogens is 1. The molecule has 1 saturated heterocycles. The molecule has 0 saturated carbocycles. The molecular weight excluding hydrogens is 195 g/mol. The Bertz CT molecular complexity index is 381. The molecule has 2 heterocycles. The molecule has 2 rings (SSSR count). The first kappa shape index (κ1) is 10.1. The number of hydrogen-bond acceptors (Lipinski definition) is 3. The average molecular weight is 208 g/mol. The fraction of sp³-hybridized carbons (Fsp3) is 0.455. The standard InChI is InChI=1S/C11H13FN2O/c1-8-3-2-4-14(8)11-10(12)5-9(7-15)6-13-11/h5-8H,2-4H2,1H3. The third kappa shape index (κ3) is 1.84. The van der Waals surface area contributed by atoms with Crippen LogP contribution >= 0.6 is 0 Å². The Morgan fingerprint density at radius 1 is 1.67 bits per heavy atom. The van der Waals surface area contributed by atoms with Crippen LogP contribution in [0.5, 0.6) is 0 Å². The average Bonchev–Trinajstić information content (AvgIpc) is 2.64. The number of hydrogen-bond donors (Lipinski definition) is 0. The van der Waals surface area contributed by atoms with Gasteiger partial charge in [-0.15, -0.1) is 0 Å². The molecular formula is C11H13FN2O. The van der Waals surface area contributed by atoms with E-state index in [-0.39, 0.29) is 5.56 Å². The molecule has 15 heavy (non-hydrogen) atoms. The summed E-state index contributed by atoms with van der Waals surface area (Å²) in [7, 11) is 0. The largest absolute Gasteiger partial charge is 0.351 e. The molecule has 0 radical (unpaired) electrons. The van der Waals surface area contributed by atoms with Crippen molar-refractivity contribution in [2.45, 2.75) is 25.8 Å². The van der Waals surface area contributed by atoms with Crippen LogP contribution in [-0.2, 0) is 0 Å². The van der Waals surface area contributed by atoms with E-state index in [9.17, 15) is 9.18 Å². The smallest absolute Gasteiger partial charge is 0.166 e. The van der Waals surface area contributed by atoms with Gasteiger partial charge in [0.1, 0.15) is 0 Å². The van der Waals surface area contributed by atoms with E-state index in [1.54, 1.807) is 0 Å². The van der Waals surface area contributed by atoms with Gasteiger partial charge in [-0.3, -0.25) is 4.79 Å². The number of aromatic nitrogens is 1. The van der Waals surface area contributed by atoms with E-state index < -0.39 is 5.82 Å². The SMILES string of the molecule is CC1CCCN1c1ncc(C=O)cc1F. The van der Waals surface area contributed by atoms with Crippen LogP contribution in [0.4, 0.5) is 10.2 Å². The van der Waals surface area contributed by atoms with Crippen molar-refractivity contribution in [3.05, 3.63) is 23.6 Å². The summed E-state index contributed by atoms with van der Waals surface area (Å²) in [5, 5.41) is 0. The van der Waals surface area contributed by atoms with Crippen LogP contribution in [0.15, 0.2) is 12.3 Å². The predicted octanol–water partition coefficient (Wildman–Crippen LogP) is 2.02. The summed E-state index contributed by atoms with van der Waals surface area (Å²) in [6, 6.07) is 1.56. The molecule has 1 atom stereocenters. The molecule has 3 nitrogen and oxygen atoms in total. The number of pyridine rings is 1. The Morgan fingerprint density at radius 2 is 2.47 bits per heavy atom. The minimum Gasteiger partial charge on any atom is -0.351 e. The highest BCUT2D eigenvalue weighted by Crippen LogP contribution is 2.25. The molecule has 0 N–H and O–H groups in total. The highest BCUT2D eigenvalue weighted by molar-refractivity contribution is 5.74. The first-order valence-electron chi connectivity index (χ1n) is 5.09. The van der Waals surface area contributed by atoms with Gasteiger partial charge in [0.2, 0.25) is 0 Å². The van der Waals surface area contributed by atoms with Crippen LogP contribution < -0.4 is 4.90 Å². The Hall–Kier alpha value is -1.45. The number of nitrogens with zero attached hydrogens (tertiary/aromatic N) is 2. The first-order valence-corrected chi connectivity index (χ1v) is 5.09. The highest BCUT2D eigenvalue weighted by atomic mass is 19.1. The monoisotopic (exact) mass is 208 g/mol. The van der Waals surface area contributed by atoms with Crippen LogP contribution in [0.3, 0.4) is 0 Å². The summed E-state index contributed by atoms with van der Waals surface area (Å²) in [5.74, 6) is -0.0426. The maximum Gasteiger partial charge on any atom is 0.166 e. The maximum absolute atomic E-state index is 13.6. The van der Waals surface area contributed by atoms with Crippen molar-refractivity contribution < 1.29 is 9.18 Å². The van der Waals surface area contributed by atoms with E-state index in [4.69, 9.17) is 0 Å². The van der Waals surface area contributed by atoms with Crippen LogP contribution in [0.25, 0.3) is 0 Å². The lowest BCUT2D eigenvalue weighted by molar-refractivity contribution is 0.112. The molecule has 4 heteroatoms. The zero-order valence-corrected chi connectivity index (χ0v) is 8.61. The summed E-state index contributed by atoms with van der Waals surface area (Å²) >= 11 is 0. The second-order valence-corrected chi connectivity index (χ2v) is 3.88. The number of carbonyl (C=O) groups excluding carboxylic acids is 1. The predicted molar refractivity (Wildman–Crippen MR) is 55.6 cm³/mol. The molecule has 1 unspecified atom stereocenters. The zero-order chi connectivity index (χ0) is 10.8.